The zero-order valence-electron chi connectivity index (χ0n) is 37.1. The van der Waals surface area contributed by atoms with Gasteiger partial charge >= 0.3 is 18.0 Å². The number of rotatable bonds is 14. The summed E-state index contributed by atoms with van der Waals surface area (Å²) in [7, 11) is 7.62. The van der Waals surface area contributed by atoms with Crippen LogP contribution in [-0.2, 0) is 13.1 Å². The fraction of sp³-hybridized carbons (Fsp3) is 0.217. The number of nitrogens with zero attached hydrogens (tertiary/aromatic N) is 8. The minimum absolute atomic E-state index is 0.0226. The molecular weight excluding hydrogens is 891 g/mol. The lowest BCUT2D eigenvalue weighted by Crippen LogP contribution is -2.43. The second-order valence-corrected chi connectivity index (χ2v) is 15.8. The Hall–Kier alpha value is -8.24. The predicted octanol–water partition coefficient (Wildman–Crippen LogP) is 6.31. The molecule has 0 saturated carbocycles. The number of para-hydroxylation sites is 2. The third kappa shape index (κ3) is 10.4. The summed E-state index contributed by atoms with van der Waals surface area (Å²) in [6.07, 6.45) is 0. The molecule has 352 valence electrons. The Bertz CT molecular complexity index is 2650. The maximum atomic E-state index is 14.7. The van der Waals surface area contributed by atoms with Gasteiger partial charge in [0.05, 0.1) is 30.0 Å². The van der Waals surface area contributed by atoms with Crippen molar-refractivity contribution in [2.75, 3.05) is 74.8 Å². The van der Waals surface area contributed by atoms with Gasteiger partial charge in [-0.15, -0.1) is 0 Å². The summed E-state index contributed by atoms with van der Waals surface area (Å²) in [4.78, 5) is 72.0. The molecule has 7 N–H and O–H groups in total. The summed E-state index contributed by atoms with van der Waals surface area (Å²) in [6.45, 7) is 2.38. The number of carbonyl (C=O) groups is 4. The first-order valence-corrected chi connectivity index (χ1v) is 20.9. The van der Waals surface area contributed by atoms with E-state index in [1.807, 2.05) is 38.0 Å². The lowest BCUT2D eigenvalue weighted by molar-refractivity contribution is 0.0696. The van der Waals surface area contributed by atoms with Gasteiger partial charge in [-0.25, -0.2) is 51.7 Å². The van der Waals surface area contributed by atoms with E-state index in [1.165, 1.54) is 24.3 Å². The molecule has 6 aromatic rings. The number of amides is 5. The Kier molecular flexibility index (Phi) is 14.4. The third-order valence-corrected chi connectivity index (χ3v) is 10.5. The number of fused-ring (bicyclic) bond motifs is 2. The smallest absolute Gasteiger partial charge is 0.335 e. The molecule has 0 bridgehead atoms. The van der Waals surface area contributed by atoms with Crippen molar-refractivity contribution in [1.82, 2.24) is 40.4 Å². The van der Waals surface area contributed by atoms with Crippen molar-refractivity contribution in [1.29, 1.82) is 0 Å². The van der Waals surface area contributed by atoms with E-state index in [0.717, 1.165) is 34.1 Å². The van der Waals surface area contributed by atoms with Crippen LogP contribution in [0.1, 0.15) is 31.8 Å². The predicted molar refractivity (Wildman–Crippen MR) is 246 cm³/mol. The maximum Gasteiger partial charge on any atom is 0.335 e. The zero-order chi connectivity index (χ0) is 48.8. The van der Waals surface area contributed by atoms with Crippen molar-refractivity contribution in [3.8, 4) is 22.5 Å². The SMILES string of the molecule is CN(C)CCNc1nc(-c2ccc(C(=O)O)cc2)c2c(n1)N(c1c(F)cccc1F)C(=O)NC2.CN(C)CCNc1nc(-c2ccc(C(N)=O)cc2)c2c(n1)N(c1c(F)cccc1F)C(=O)NC2. The molecule has 0 atom stereocenters. The summed E-state index contributed by atoms with van der Waals surface area (Å²) in [5, 5.41) is 20.6. The molecule has 5 amide bonds. The first-order chi connectivity index (χ1) is 32.5. The van der Waals surface area contributed by atoms with Crippen molar-refractivity contribution in [3.05, 3.63) is 130 Å². The van der Waals surface area contributed by atoms with Crippen LogP contribution in [0.25, 0.3) is 22.5 Å². The lowest BCUT2D eigenvalue weighted by atomic mass is 10.0. The van der Waals surface area contributed by atoms with Gasteiger partial charge in [0.1, 0.15) is 34.6 Å². The first-order valence-electron chi connectivity index (χ1n) is 20.9. The second-order valence-electron chi connectivity index (χ2n) is 15.8. The standard InChI is InChI=1S/C23H23F2N7O2.C23H22F2N6O3/c1-31(2)11-10-27-22-29-18(13-6-8-14(9-7-13)20(26)33)15-12-28-23(34)32(21(15)30-22)19-16(24)4-3-5-17(19)25;1-30(2)11-10-26-22-28-18(13-6-8-14(9-7-13)21(32)33)15-12-27-23(34)31(20(15)29-22)19-16(24)4-3-5-17(19)25/h3-9H,10-12H2,1-2H3,(H2,26,33)(H,28,34)(H,27,29,30);3-9H,10-12H2,1-2H3,(H,27,34)(H,32,33)(H,26,28,29). The second kappa shape index (κ2) is 20.5. The van der Waals surface area contributed by atoms with Crippen LogP contribution in [0.15, 0.2) is 84.9 Å². The van der Waals surface area contributed by atoms with Crippen molar-refractivity contribution in [2.24, 2.45) is 5.73 Å². The summed E-state index contributed by atoms with van der Waals surface area (Å²) in [5.41, 5.74) is 7.58. The van der Waals surface area contributed by atoms with E-state index in [0.29, 0.717) is 65.4 Å². The van der Waals surface area contributed by atoms with Crippen LogP contribution in [0.5, 0.6) is 0 Å². The Morgan fingerprint density at radius 2 is 0.985 bits per heavy atom. The van der Waals surface area contributed by atoms with Gasteiger partial charge in [0, 0.05) is 54.0 Å². The fourth-order valence-corrected chi connectivity index (χ4v) is 7.12. The summed E-state index contributed by atoms with van der Waals surface area (Å²) in [5.74, 6) is -4.86. The number of nitrogens with two attached hydrogens (primary N) is 1. The number of benzene rings is 4. The number of urea groups is 2. The quantitative estimate of drug-likeness (QED) is 0.0660. The molecule has 2 aliphatic heterocycles. The summed E-state index contributed by atoms with van der Waals surface area (Å²) < 4.78 is 58.6. The van der Waals surface area contributed by atoms with Crippen LogP contribution in [0.3, 0.4) is 0 Å². The molecule has 0 spiro atoms. The van der Waals surface area contributed by atoms with Crippen LogP contribution < -0.4 is 36.8 Å². The number of hydrogen-bond acceptors (Lipinski definition) is 12. The minimum Gasteiger partial charge on any atom is -0.478 e. The molecule has 2 aromatic heterocycles. The molecule has 4 aromatic carbocycles. The highest BCUT2D eigenvalue weighted by Gasteiger charge is 2.36. The number of carboxylic acids is 1. The highest BCUT2D eigenvalue weighted by molar-refractivity contribution is 6.03. The Balaban J connectivity index is 0.000000201. The van der Waals surface area contributed by atoms with Crippen LogP contribution in [-0.4, -0.2) is 113 Å². The lowest BCUT2D eigenvalue weighted by Gasteiger charge is -2.30. The number of nitrogens with one attached hydrogen (secondary N) is 4. The van der Waals surface area contributed by atoms with Crippen LogP contribution in [0.2, 0.25) is 0 Å². The van der Waals surface area contributed by atoms with Crippen molar-refractivity contribution in [2.45, 2.75) is 13.1 Å². The average molecular weight is 936 g/mol. The van der Waals surface area contributed by atoms with Crippen LogP contribution >= 0.6 is 0 Å². The highest BCUT2D eigenvalue weighted by atomic mass is 19.1. The van der Waals surface area contributed by atoms with Crippen molar-refractivity contribution < 1.29 is 41.8 Å². The maximum absolute atomic E-state index is 14.7. The average Bonchev–Trinajstić information content (AvgIpc) is 3.29. The molecular formula is C46H45F4N13O5. The molecule has 2 aliphatic rings. The molecule has 0 aliphatic carbocycles. The van der Waals surface area contributed by atoms with Gasteiger partial charge in [-0.2, -0.15) is 9.97 Å². The molecule has 0 saturated heterocycles. The molecule has 18 nitrogen and oxygen atoms in total. The third-order valence-electron chi connectivity index (χ3n) is 10.5. The van der Waals surface area contributed by atoms with E-state index < -0.39 is 58.6 Å². The number of anilines is 6. The highest BCUT2D eigenvalue weighted by Crippen LogP contribution is 2.40. The van der Waals surface area contributed by atoms with E-state index in [-0.39, 0.29) is 42.2 Å². The fourth-order valence-electron chi connectivity index (χ4n) is 7.12. The van der Waals surface area contributed by atoms with Gasteiger partial charge in [-0.3, -0.25) is 4.79 Å². The van der Waals surface area contributed by atoms with E-state index >= 15 is 0 Å². The molecule has 22 heteroatoms. The molecule has 8 rings (SSSR count). The Morgan fingerprint density at radius 3 is 1.32 bits per heavy atom. The molecule has 0 radical (unpaired) electrons. The number of primary amides is 1. The van der Waals surface area contributed by atoms with Crippen molar-refractivity contribution >= 4 is 58.8 Å². The van der Waals surface area contributed by atoms with E-state index in [4.69, 9.17) is 5.73 Å². The zero-order valence-corrected chi connectivity index (χ0v) is 37.1. The van der Waals surface area contributed by atoms with Gasteiger partial charge in [0.2, 0.25) is 17.8 Å². The van der Waals surface area contributed by atoms with E-state index in [1.54, 1.807) is 36.4 Å². The number of carboxylic acid groups (broad SMARTS) is 1. The number of carbonyl (C=O) groups excluding carboxylic acids is 3. The molecule has 0 fully saturated rings. The topological polar surface area (TPSA) is 227 Å². The Morgan fingerprint density at radius 1 is 0.618 bits per heavy atom. The summed E-state index contributed by atoms with van der Waals surface area (Å²) >= 11 is 0. The van der Waals surface area contributed by atoms with Gasteiger partial charge in [0.15, 0.2) is 11.6 Å². The largest absolute Gasteiger partial charge is 0.478 e. The monoisotopic (exact) mass is 935 g/mol. The number of aromatic nitrogens is 4. The normalized spacial score (nSPS) is 13.0. The number of likely N-dealkylation sites (N-methyl/N-ethyl adjacent to an activating group) is 2. The van der Waals surface area contributed by atoms with E-state index in [2.05, 4.69) is 41.2 Å². The minimum atomic E-state index is -1.07. The number of hydrogen-bond donors (Lipinski definition) is 6. The van der Waals surface area contributed by atoms with Gasteiger partial charge in [0.25, 0.3) is 0 Å². The number of halogens is 4. The Labute approximate surface area is 386 Å². The number of aromatic carboxylic acids is 1. The van der Waals surface area contributed by atoms with Crippen LogP contribution in [0.4, 0.5) is 62.1 Å². The van der Waals surface area contributed by atoms with Gasteiger partial charge < -0.3 is 41.9 Å². The van der Waals surface area contributed by atoms with Gasteiger partial charge in [-0.1, -0.05) is 36.4 Å². The molecule has 4 heterocycles. The molecule has 0 unspecified atom stereocenters. The molecule has 68 heavy (non-hydrogen) atoms. The van der Waals surface area contributed by atoms with E-state index in [9.17, 15) is 41.8 Å². The summed E-state index contributed by atoms with van der Waals surface area (Å²) in [6, 6.07) is 17.7. The van der Waals surface area contributed by atoms with Crippen molar-refractivity contribution in [3.63, 3.8) is 0 Å². The van der Waals surface area contributed by atoms with Crippen LogP contribution in [0, 0.1) is 23.3 Å². The van der Waals surface area contributed by atoms with Gasteiger partial charge in [-0.05, 0) is 76.7 Å². The first kappa shape index (κ1) is 47.7.